The molecule has 198 valence electrons. The van der Waals surface area contributed by atoms with Crippen LogP contribution in [-0.2, 0) is 38.5 Å². The molecule has 2 heteroatoms. The lowest BCUT2D eigenvalue weighted by molar-refractivity contribution is 0.658. The molecule has 0 saturated carbocycles. The Hall–Kier alpha value is -0.700. The van der Waals surface area contributed by atoms with Crippen LogP contribution < -0.4 is 0 Å². The van der Waals surface area contributed by atoms with Gasteiger partial charge in [0, 0.05) is 0 Å². The van der Waals surface area contributed by atoms with Gasteiger partial charge in [0.05, 0.1) is 0 Å². The summed E-state index contributed by atoms with van der Waals surface area (Å²) in [6, 6.07) is 5.20. The van der Waals surface area contributed by atoms with Crippen molar-refractivity contribution in [1.82, 2.24) is 0 Å². The minimum absolute atomic E-state index is 1.25. The highest BCUT2D eigenvalue weighted by atomic mass is 31.0. The predicted octanol–water partition coefficient (Wildman–Crippen LogP) is 9.68. The molecule has 2 aliphatic carbocycles. The molecule has 0 bridgehead atoms. The van der Waals surface area contributed by atoms with Crippen molar-refractivity contribution in [3.63, 3.8) is 0 Å². The molecule has 0 saturated heterocycles. The van der Waals surface area contributed by atoms with Crippen LogP contribution in [0.5, 0.6) is 0 Å². The molecule has 0 amide bonds. The minimum Gasteiger partial charge on any atom is -0.138 e. The Morgan fingerprint density at radius 2 is 0.917 bits per heavy atom. The van der Waals surface area contributed by atoms with E-state index in [4.69, 9.17) is 0 Å². The highest BCUT2D eigenvalue weighted by Crippen LogP contribution is 2.44. The molecule has 2 unspecified atom stereocenters. The van der Waals surface area contributed by atoms with Crippen molar-refractivity contribution in [3.8, 4) is 11.1 Å². The van der Waals surface area contributed by atoms with Crippen molar-refractivity contribution in [3.05, 3.63) is 56.6 Å². The second-order valence-corrected chi connectivity index (χ2v) is 12.8. The smallest absolute Gasteiger partial charge is 0.0109 e. The van der Waals surface area contributed by atoms with Crippen LogP contribution >= 0.6 is 18.5 Å². The molecule has 0 aromatic heterocycles. The summed E-state index contributed by atoms with van der Waals surface area (Å²) >= 11 is 0. The molecular formula is C34H52P2. The maximum absolute atomic E-state index is 2.90. The first kappa shape index (κ1) is 28.3. The lowest BCUT2D eigenvalue weighted by Crippen LogP contribution is -2.14. The summed E-state index contributed by atoms with van der Waals surface area (Å²) in [7, 11) is 5.81. The van der Waals surface area contributed by atoms with Crippen molar-refractivity contribution in [2.45, 2.75) is 129 Å². The van der Waals surface area contributed by atoms with E-state index >= 15 is 0 Å². The molecule has 2 aromatic rings. The predicted molar refractivity (Wildman–Crippen MR) is 168 cm³/mol. The van der Waals surface area contributed by atoms with Crippen molar-refractivity contribution in [2.24, 2.45) is 0 Å². The van der Waals surface area contributed by atoms with Crippen LogP contribution in [0, 0.1) is 13.8 Å². The molecule has 0 radical (unpaired) electrons. The molecule has 36 heavy (non-hydrogen) atoms. The van der Waals surface area contributed by atoms with Gasteiger partial charge in [-0.1, -0.05) is 37.8 Å². The van der Waals surface area contributed by atoms with E-state index in [-0.39, 0.29) is 0 Å². The highest BCUT2D eigenvalue weighted by Gasteiger charge is 2.26. The lowest BCUT2D eigenvalue weighted by atomic mass is 9.74. The van der Waals surface area contributed by atoms with Gasteiger partial charge in [0.25, 0.3) is 0 Å². The molecule has 2 aliphatic rings. The van der Waals surface area contributed by atoms with E-state index in [0.29, 0.717) is 0 Å². The molecule has 2 aromatic carbocycles. The Balaban J connectivity index is 1.81. The van der Waals surface area contributed by atoms with E-state index in [0.717, 1.165) is 0 Å². The summed E-state index contributed by atoms with van der Waals surface area (Å²) in [6.07, 6.45) is 26.6. The van der Waals surface area contributed by atoms with E-state index in [1.54, 1.807) is 55.6 Å². The Morgan fingerprint density at radius 3 is 1.33 bits per heavy atom. The van der Waals surface area contributed by atoms with E-state index in [1.165, 1.54) is 128 Å². The zero-order valence-corrected chi connectivity index (χ0v) is 25.8. The summed E-state index contributed by atoms with van der Waals surface area (Å²) in [5, 5.41) is 0. The zero-order valence-electron chi connectivity index (χ0n) is 23.5. The van der Waals surface area contributed by atoms with Crippen LogP contribution in [0.25, 0.3) is 11.1 Å². The van der Waals surface area contributed by atoms with Gasteiger partial charge in [0.1, 0.15) is 0 Å². The number of rotatable bonds is 13. The molecule has 0 spiro atoms. The molecule has 0 aliphatic heterocycles. The number of unbranched alkanes of at least 4 members (excludes halogenated alkanes) is 6. The van der Waals surface area contributed by atoms with Crippen LogP contribution in [0.1, 0.15) is 122 Å². The Labute approximate surface area is 227 Å². The largest absolute Gasteiger partial charge is 0.138 e. The first-order chi connectivity index (χ1) is 17.7. The Morgan fingerprint density at radius 1 is 0.528 bits per heavy atom. The van der Waals surface area contributed by atoms with E-state index in [1.807, 2.05) is 0 Å². The van der Waals surface area contributed by atoms with Gasteiger partial charge in [-0.15, -0.1) is 18.5 Å². The van der Waals surface area contributed by atoms with E-state index < -0.39 is 0 Å². The van der Waals surface area contributed by atoms with Gasteiger partial charge in [-0.25, -0.2) is 0 Å². The van der Waals surface area contributed by atoms with Gasteiger partial charge < -0.3 is 0 Å². The van der Waals surface area contributed by atoms with Gasteiger partial charge >= 0.3 is 0 Å². The van der Waals surface area contributed by atoms with Crippen molar-refractivity contribution in [1.29, 1.82) is 0 Å². The molecule has 2 atom stereocenters. The fourth-order valence-corrected chi connectivity index (χ4v) is 7.63. The molecule has 0 fully saturated rings. The monoisotopic (exact) mass is 522 g/mol. The maximum Gasteiger partial charge on any atom is -0.0109 e. The fraction of sp³-hybridized carbons (Fsp3) is 0.647. The van der Waals surface area contributed by atoms with Gasteiger partial charge in [0.2, 0.25) is 0 Å². The van der Waals surface area contributed by atoms with Crippen LogP contribution in [0.4, 0.5) is 0 Å². The van der Waals surface area contributed by atoms with Gasteiger partial charge in [-0.2, -0.15) is 0 Å². The van der Waals surface area contributed by atoms with Crippen molar-refractivity contribution < 1.29 is 0 Å². The highest BCUT2D eigenvalue weighted by molar-refractivity contribution is 7.16. The third kappa shape index (κ3) is 6.83. The lowest BCUT2D eigenvalue weighted by Gasteiger charge is -2.31. The molecule has 0 N–H and O–H groups in total. The standard InChI is InChI=1S/C34H52P2/c1-25-23-27-15-9-11-19-31(27)33(29(25)17-7-3-5-13-21-35)34-30(18-8-4-6-14-22-36)26(2)24-28-16-10-12-20-32(28)34/h23-24H,3-22,35-36H2,1-2H3. The molecular weight excluding hydrogens is 470 g/mol. The van der Waals surface area contributed by atoms with Crippen LogP contribution in [-0.4, -0.2) is 12.3 Å². The second-order valence-electron chi connectivity index (χ2n) is 11.7. The molecule has 0 nitrogen and oxygen atoms in total. The third-order valence-electron chi connectivity index (χ3n) is 8.97. The molecule has 4 rings (SSSR count). The number of aryl methyl sites for hydroxylation is 4. The zero-order chi connectivity index (χ0) is 25.3. The van der Waals surface area contributed by atoms with Crippen molar-refractivity contribution >= 4 is 18.5 Å². The second kappa shape index (κ2) is 14.5. The fourth-order valence-electron chi connectivity index (χ4n) is 7.05. The number of fused-ring (bicyclic) bond motifs is 2. The summed E-state index contributed by atoms with van der Waals surface area (Å²) in [5.74, 6) is 0. The van der Waals surface area contributed by atoms with Crippen LogP contribution in [0.3, 0.4) is 0 Å². The number of hydrogen-bond acceptors (Lipinski definition) is 0. The third-order valence-corrected chi connectivity index (χ3v) is 9.79. The van der Waals surface area contributed by atoms with Gasteiger partial charge in [-0.3, -0.25) is 0 Å². The first-order valence-corrected chi connectivity index (χ1v) is 17.0. The molecule has 0 heterocycles. The average molecular weight is 523 g/mol. The van der Waals surface area contributed by atoms with E-state index in [9.17, 15) is 0 Å². The maximum atomic E-state index is 2.90. The Kier molecular flexibility index (Phi) is 11.4. The normalized spacial score (nSPS) is 15.1. The summed E-state index contributed by atoms with van der Waals surface area (Å²) in [5.41, 5.74) is 16.9. The summed E-state index contributed by atoms with van der Waals surface area (Å²) in [4.78, 5) is 0. The average Bonchev–Trinajstić information content (AvgIpc) is 2.89. The van der Waals surface area contributed by atoms with Crippen LogP contribution in [0.15, 0.2) is 12.1 Å². The number of hydrogen-bond donors (Lipinski definition) is 0. The number of benzene rings is 2. The van der Waals surface area contributed by atoms with Crippen molar-refractivity contribution in [2.75, 3.05) is 12.3 Å². The topological polar surface area (TPSA) is 0 Å². The summed E-state index contributed by atoms with van der Waals surface area (Å²) < 4.78 is 0. The Bertz CT molecular complexity index is 922. The first-order valence-electron chi connectivity index (χ1n) is 15.3. The van der Waals surface area contributed by atoms with Crippen LogP contribution in [0.2, 0.25) is 0 Å². The summed E-state index contributed by atoms with van der Waals surface area (Å²) in [6.45, 7) is 4.86. The quantitative estimate of drug-likeness (QED) is 0.181. The van der Waals surface area contributed by atoms with E-state index in [2.05, 4.69) is 44.5 Å². The SMILES string of the molecule is Cc1cc2c(c(-c3c(CCCCCCP)c(C)cc4c3CCCC4)c1CCCCCCP)CCCC2. The minimum atomic E-state index is 1.25. The van der Waals surface area contributed by atoms with Gasteiger partial charge in [0.15, 0.2) is 0 Å². The van der Waals surface area contributed by atoms with Gasteiger partial charge in [-0.05, 0) is 172 Å².